The Bertz CT molecular complexity index is 433. The Balaban J connectivity index is 1.58. The van der Waals surface area contributed by atoms with Crippen LogP contribution in [0.25, 0.3) is 0 Å². The van der Waals surface area contributed by atoms with E-state index in [4.69, 9.17) is 4.74 Å². The average Bonchev–Trinajstić information content (AvgIpc) is 2.49. The molecule has 3 nitrogen and oxygen atoms in total. The molecule has 20 heavy (non-hydrogen) atoms. The first-order valence-electron chi connectivity index (χ1n) is 6.86. The maximum Gasteiger partial charge on any atom is 0.187 e. The SMILES string of the molecule is CC(CCSc1ncccn1)COCc1ccccc1. The van der Waals surface area contributed by atoms with E-state index in [1.807, 2.05) is 24.3 Å². The van der Waals surface area contributed by atoms with Crippen molar-refractivity contribution in [2.24, 2.45) is 5.92 Å². The molecular weight excluding hydrogens is 268 g/mol. The molecule has 0 N–H and O–H groups in total. The van der Waals surface area contributed by atoms with Crippen molar-refractivity contribution in [2.45, 2.75) is 25.1 Å². The minimum atomic E-state index is 0.551. The van der Waals surface area contributed by atoms with Crippen LogP contribution in [-0.2, 0) is 11.3 Å². The minimum Gasteiger partial charge on any atom is -0.376 e. The Morgan fingerprint density at radius 3 is 2.60 bits per heavy atom. The molecule has 1 aromatic heterocycles. The zero-order valence-electron chi connectivity index (χ0n) is 11.7. The quantitative estimate of drug-likeness (QED) is 0.546. The topological polar surface area (TPSA) is 35.0 Å². The summed E-state index contributed by atoms with van der Waals surface area (Å²) in [6.45, 7) is 3.71. The number of hydrogen-bond donors (Lipinski definition) is 0. The van der Waals surface area contributed by atoms with E-state index in [1.54, 1.807) is 24.2 Å². The van der Waals surface area contributed by atoms with E-state index in [1.165, 1.54) is 5.56 Å². The van der Waals surface area contributed by atoms with E-state index in [9.17, 15) is 0 Å². The first kappa shape index (κ1) is 15.0. The lowest BCUT2D eigenvalue weighted by molar-refractivity contribution is 0.0913. The van der Waals surface area contributed by atoms with Crippen molar-refractivity contribution in [1.29, 1.82) is 0 Å². The summed E-state index contributed by atoms with van der Waals surface area (Å²) in [6, 6.07) is 12.1. The number of thioether (sulfide) groups is 1. The van der Waals surface area contributed by atoms with Gasteiger partial charge in [0.05, 0.1) is 6.61 Å². The van der Waals surface area contributed by atoms with E-state index in [0.29, 0.717) is 12.5 Å². The molecule has 106 valence electrons. The predicted octanol–water partition coefficient (Wildman–Crippen LogP) is 3.81. The minimum absolute atomic E-state index is 0.551. The summed E-state index contributed by atoms with van der Waals surface area (Å²) in [5.41, 5.74) is 1.23. The van der Waals surface area contributed by atoms with Crippen LogP contribution in [0.1, 0.15) is 18.9 Å². The van der Waals surface area contributed by atoms with Gasteiger partial charge in [0.15, 0.2) is 5.16 Å². The average molecular weight is 288 g/mol. The van der Waals surface area contributed by atoms with Gasteiger partial charge in [-0.05, 0) is 24.0 Å². The lowest BCUT2D eigenvalue weighted by Crippen LogP contribution is -2.07. The molecule has 0 aliphatic rings. The van der Waals surface area contributed by atoms with Gasteiger partial charge in [-0.1, -0.05) is 49.0 Å². The van der Waals surface area contributed by atoms with Crippen molar-refractivity contribution in [3.8, 4) is 0 Å². The monoisotopic (exact) mass is 288 g/mol. The lowest BCUT2D eigenvalue weighted by atomic mass is 10.1. The van der Waals surface area contributed by atoms with Gasteiger partial charge < -0.3 is 4.74 Å². The summed E-state index contributed by atoms with van der Waals surface area (Å²) < 4.78 is 5.74. The molecule has 0 saturated heterocycles. The van der Waals surface area contributed by atoms with E-state index >= 15 is 0 Å². The van der Waals surface area contributed by atoms with Crippen molar-refractivity contribution in [1.82, 2.24) is 9.97 Å². The summed E-state index contributed by atoms with van der Waals surface area (Å²) in [7, 11) is 0. The molecule has 2 aromatic rings. The van der Waals surface area contributed by atoms with Gasteiger partial charge in [-0.2, -0.15) is 0 Å². The van der Waals surface area contributed by atoms with Crippen LogP contribution < -0.4 is 0 Å². The smallest absolute Gasteiger partial charge is 0.187 e. The summed E-state index contributed by atoms with van der Waals surface area (Å²) >= 11 is 1.70. The number of ether oxygens (including phenoxy) is 1. The molecule has 0 aliphatic carbocycles. The van der Waals surface area contributed by atoms with E-state index < -0.39 is 0 Å². The normalized spacial score (nSPS) is 12.2. The van der Waals surface area contributed by atoms with Gasteiger partial charge in [-0.25, -0.2) is 9.97 Å². The van der Waals surface area contributed by atoms with Crippen molar-refractivity contribution in [2.75, 3.05) is 12.4 Å². The highest BCUT2D eigenvalue weighted by atomic mass is 32.2. The fourth-order valence-corrected chi connectivity index (χ4v) is 2.72. The van der Waals surface area contributed by atoms with Gasteiger partial charge in [-0.15, -0.1) is 0 Å². The largest absolute Gasteiger partial charge is 0.376 e. The molecule has 1 aromatic carbocycles. The van der Waals surface area contributed by atoms with Crippen LogP contribution in [-0.4, -0.2) is 22.3 Å². The number of nitrogens with zero attached hydrogens (tertiary/aromatic N) is 2. The molecule has 1 atom stereocenters. The van der Waals surface area contributed by atoms with Gasteiger partial charge in [0.1, 0.15) is 0 Å². The van der Waals surface area contributed by atoms with E-state index in [2.05, 4.69) is 29.0 Å². The van der Waals surface area contributed by atoms with Crippen LogP contribution >= 0.6 is 11.8 Å². The summed E-state index contributed by atoms with van der Waals surface area (Å²) in [6.07, 6.45) is 4.67. The number of aromatic nitrogens is 2. The summed E-state index contributed by atoms with van der Waals surface area (Å²) in [5, 5.41) is 0.852. The van der Waals surface area contributed by atoms with Crippen LogP contribution in [0.3, 0.4) is 0 Å². The molecule has 1 heterocycles. The standard InChI is InChI=1S/C16H20N2OS/c1-14(8-11-20-16-17-9-5-10-18-16)12-19-13-15-6-3-2-4-7-15/h2-7,9-10,14H,8,11-13H2,1H3. The van der Waals surface area contributed by atoms with Gasteiger partial charge in [0, 0.05) is 24.8 Å². The van der Waals surface area contributed by atoms with Gasteiger partial charge in [0.25, 0.3) is 0 Å². The first-order chi connectivity index (χ1) is 9.84. The third kappa shape index (κ3) is 5.72. The molecule has 0 amide bonds. The third-order valence-corrected chi connectivity index (χ3v) is 3.81. The Kier molecular flexibility index (Phi) is 6.54. The van der Waals surface area contributed by atoms with Gasteiger partial charge >= 0.3 is 0 Å². The summed E-state index contributed by atoms with van der Waals surface area (Å²) in [4.78, 5) is 8.40. The predicted molar refractivity (Wildman–Crippen MR) is 82.6 cm³/mol. The van der Waals surface area contributed by atoms with Crippen LogP contribution in [0, 0.1) is 5.92 Å². The first-order valence-corrected chi connectivity index (χ1v) is 7.84. The van der Waals surface area contributed by atoms with E-state index in [-0.39, 0.29) is 0 Å². The van der Waals surface area contributed by atoms with Crippen molar-refractivity contribution < 1.29 is 4.74 Å². The molecule has 0 radical (unpaired) electrons. The molecule has 1 unspecified atom stereocenters. The highest BCUT2D eigenvalue weighted by Gasteiger charge is 2.04. The fourth-order valence-electron chi connectivity index (χ4n) is 1.75. The number of benzene rings is 1. The molecule has 0 aliphatic heterocycles. The zero-order chi connectivity index (χ0) is 14.0. The summed E-state index contributed by atoms with van der Waals surface area (Å²) in [5.74, 6) is 1.58. The fraction of sp³-hybridized carbons (Fsp3) is 0.375. The van der Waals surface area contributed by atoms with Crippen molar-refractivity contribution >= 4 is 11.8 Å². The second kappa shape index (κ2) is 8.72. The molecule has 4 heteroatoms. The number of hydrogen-bond acceptors (Lipinski definition) is 4. The van der Waals surface area contributed by atoms with Crippen LogP contribution in [0.4, 0.5) is 0 Å². The maximum atomic E-state index is 5.74. The van der Waals surface area contributed by atoms with Crippen LogP contribution in [0.15, 0.2) is 53.9 Å². The zero-order valence-corrected chi connectivity index (χ0v) is 12.6. The van der Waals surface area contributed by atoms with Gasteiger partial charge in [0.2, 0.25) is 0 Å². The highest BCUT2D eigenvalue weighted by Crippen LogP contribution is 2.16. The molecular formula is C16H20N2OS. The lowest BCUT2D eigenvalue weighted by Gasteiger charge is -2.11. The maximum absolute atomic E-state index is 5.74. The molecule has 2 rings (SSSR count). The second-order valence-corrected chi connectivity index (χ2v) is 5.84. The Morgan fingerprint density at radius 2 is 1.85 bits per heavy atom. The van der Waals surface area contributed by atoms with Crippen LogP contribution in [0.2, 0.25) is 0 Å². The third-order valence-electron chi connectivity index (χ3n) is 2.90. The van der Waals surface area contributed by atoms with Crippen molar-refractivity contribution in [3.63, 3.8) is 0 Å². The molecule has 0 spiro atoms. The van der Waals surface area contributed by atoms with Crippen molar-refractivity contribution in [3.05, 3.63) is 54.4 Å². The Morgan fingerprint density at radius 1 is 1.10 bits per heavy atom. The molecule has 0 bridgehead atoms. The van der Waals surface area contributed by atoms with Gasteiger partial charge in [-0.3, -0.25) is 0 Å². The Labute approximate surface area is 124 Å². The number of rotatable bonds is 8. The highest BCUT2D eigenvalue weighted by molar-refractivity contribution is 7.99. The molecule has 0 fully saturated rings. The Hall–Kier alpha value is -1.39. The van der Waals surface area contributed by atoms with E-state index in [0.717, 1.165) is 23.9 Å². The van der Waals surface area contributed by atoms with Crippen LogP contribution in [0.5, 0.6) is 0 Å². The second-order valence-electron chi connectivity index (χ2n) is 4.77. The molecule has 0 saturated carbocycles.